The van der Waals surface area contributed by atoms with E-state index in [9.17, 15) is 9.90 Å². The fourth-order valence-corrected chi connectivity index (χ4v) is 1.52. The Morgan fingerprint density at radius 1 is 1.46 bits per heavy atom. The summed E-state index contributed by atoms with van der Waals surface area (Å²) in [6.07, 6.45) is 0.356. The Bertz CT molecular complexity index is 355. The van der Waals surface area contributed by atoms with Crippen molar-refractivity contribution in [3.63, 3.8) is 0 Å². The third kappa shape index (κ3) is 1.42. The van der Waals surface area contributed by atoms with Crippen molar-refractivity contribution in [3.8, 4) is 0 Å². The predicted octanol–water partition coefficient (Wildman–Crippen LogP) is 1.11. The smallest absolute Gasteiger partial charge is 0.340 e. The van der Waals surface area contributed by atoms with Crippen molar-refractivity contribution in [3.05, 3.63) is 35.4 Å². The van der Waals surface area contributed by atoms with Gasteiger partial charge in [0, 0.05) is 13.3 Å². The van der Waals surface area contributed by atoms with E-state index in [0.717, 1.165) is 5.56 Å². The maximum Gasteiger partial charge on any atom is 0.340 e. The van der Waals surface area contributed by atoms with Crippen LogP contribution in [0, 0.1) is 0 Å². The van der Waals surface area contributed by atoms with Gasteiger partial charge < -0.3 is 9.84 Å². The normalized spacial score (nSPS) is 26.5. The molecule has 1 aromatic carbocycles. The van der Waals surface area contributed by atoms with Crippen LogP contribution in [0.3, 0.4) is 0 Å². The number of cyclic esters (lactones) is 1. The van der Waals surface area contributed by atoms with Crippen LogP contribution in [0.2, 0.25) is 0 Å². The average Bonchev–Trinajstić information content (AvgIpc) is 2.02. The van der Waals surface area contributed by atoms with E-state index in [0.29, 0.717) is 12.0 Å². The van der Waals surface area contributed by atoms with Gasteiger partial charge in [-0.2, -0.15) is 0 Å². The molecule has 0 bridgehead atoms. The molecule has 1 unspecified atom stereocenters. The Morgan fingerprint density at radius 3 is 2.92 bits per heavy atom. The zero-order valence-electron chi connectivity index (χ0n) is 7.28. The fraction of sp³-hybridized carbons (Fsp3) is 0.300. The Kier molecular flexibility index (Phi) is 1.63. The third-order valence-corrected chi connectivity index (χ3v) is 2.07. The lowest BCUT2D eigenvalue weighted by Crippen LogP contribution is -2.38. The minimum atomic E-state index is -1.36. The number of benzene rings is 1. The van der Waals surface area contributed by atoms with E-state index >= 15 is 0 Å². The number of carbonyl (C=O) groups excluding carboxylic acids is 1. The molecule has 0 aromatic heterocycles. The van der Waals surface area contributed by atoms with Gasteiger partial charge in [0.1, 0.15) is 0 Å². The van der Waals surface area contributed by atoms with Crippen LogP contribution in [0.5, 0.6) is 0 Å². The maximum absolute atomic E-state index is 11.3. The number of fused-ring (bicyclic) bond motifs is 1. The summed E-state index contributed by atoms with van der Waals surface area (Å²) < 4.78 is 4.82. The monoisotopic (exact) mass is 178 g/mol. The molecule has 1 aliphatic heterocycles. The topological polar surface area (TPSA) is 46.5 Å². The van der Waals surface area contributed by atoms with E-state index < -0.39 is 11.8 Å². The average molecular weight is 178 g/mol. The second-order valence-electron chi connectivity index (χ2n) is 3.40. The summed E-state index contributed by atoms with van der Waals surface area (Å²) in [5.41, 5.74) is 1.39. The SMILES string of the molecule is CC1(O)Cc2ccccc2C(=O)O1. The molecular weight excluding hydrogens is 168 g/mol. The van der Waals surface area contributed by atoms with Crippen molar-refractivity contribution >= 4 is 5.97 Å². The molecule has 13 heavy (non-hydrogen) atoms. The van der Waals surface area contributed by atoms with Gasteiger partial charge in [0.25, 0.3) is 0 Å². The first-order chi connectivity index (χ1) is 6.08. The zero-order chi connectivity index (χ0) is 9.47. The summed E-state index contributed by atoms with van der Waals surface area (Å²) in [6, 6.07) is 7.14. The van der Waals surface area contributed by atoms with Crippen LogP contribution in [-0.4, -0.2) is 16.9 Å². The first-order valence-electron chi connectivity index (χ1n) is 4.12. The molecule has 0 saturated carbocycles. The lowest BCUT2D eigenvalue weighted by atomic mass is 9.97. The summed E-state index contributed by atoms with van der Waals surface area (Å²) >= 11 is 0. The zero-order valence-corrected chi connectivity index (χ0v) is 7.28. The van der Waals surface area contributed by atoms with Gasteiger partial charge >= 0.3 is 5.97 Å². The van der Waals surface area contributed by atoms with E-state index in [1.54, 1.807) is 12.1 Å². The quantitative estimate of drug-likeness (QED) is 0.605. The number of hydrogen-bond acceptors (Lipinski definition) is 3. The minimum Gasteiger partial charge on any atom is -0.430 e. The molecular formula is C10H10O3. The standard InChI is InChI=1S/C10H10O3/c1-10(12)6-7-4-2-3-5-8(7)9(11)13-10/h2-5,12H,6H2,1H3. The number of esters is 1. The van der Waals surface area contributed by atoms with E-state index in [4.69, 9.17) is 4.74 Å². The first kappa shape index (κ1) is 8.26. The van der Waals surface area contributed by atoms with Crippen molar-refractivity contribution in [2.45, 2.75) is 19.1 Å². The fourth-order valence-electron chi connectivity index (χ4n) is 1.52. The van der Waals surface area contributed by atoms with E-state index in [1.165, 1.54) is 6.92 Å². The Hall–Kier alpha value is -1.35. The summed E-state index contributed by atoms with van der Waals surface area (Å²) in [4.78, 5) is 11.3. The van der Waals surface area contributed by atoms with Gasteiger partial charge in [0.05, 0.1) is 5.56 Å². The number of hydrogen-bond donors (Lipinski definition) is 1. The summed E-state index contributed by atoms with van der Waals surface area (Å²) in [7, 11) is 0. The molecule has 1 aliphatic rings. The third-order valence-electron chi connectivity index (χ3n) is 2.07. The summed E-state index contributed by atoms with van der Waals surface area (Å²) in [5.74, 6) is -1.81. The lowest BCUT2D eigenvalue weighted by molar-refractivity contribution is -0.154. The minimum absolute atomic E-state index is 0.356. The van der Waals surface area contributed by atoms with E-state index in [2.05, 4.69) is 0 Å². The highest BCUT2D eigenvalue weighted by Gasteiger charge is 2.33. The Balaban J connectivity index is 2.49. The van der Waals surface area contributed by atoms with Crippen molar-refractivity contribution in [2.75, 3.05) is 0 Å². The molecule has 1 N–H and O–H groups in total. The highest BCUT2D eigenvalue weighted by molar-refractivity contribution is 5.92. The molecule has 1 heterocycles. The van der Waals surface area contributed by atoms with Gasteiger partial charge in [-0.15, -0.1) is 0 Å². The maximum atomic E-state index is 11.3. The van der Waals surface area contributed by atoms with Crippen molar-refractivity contribution < 1.29 is 14.6 Å². The molecule has 0 amide bonds. The van der Waals surface area contributed by atoms with Crippen molar-refractivity contribution in [1.29, 1.82) is 0 Å². The molecule has 68 valence electrons. The van der Waals surface area contributed by atoms with Gasteiger partial charge in [-0.25, -0.2) is 4.79 Å². The summed E-state index contributed by atoms with van der Waals surface area (Å²) in [6.45, 7) is 1.49. The molecule has 2 rings (SSSR count). The second kappa shape index (κ2) is 2.57. The van der Waals surface area contributed by atoms with E-state index in [1.807, 2.05) is 12.1 Å². The van der Waals surface area contributed by atoms with Crippen LogP contribution in [0.25, 0.3) is 0 Å². The molecule has 1 atom stereocenters. The van der Waals surface area contributed by atoms with Crippen LogP contribution in [-0.2, 0) is 11.2 Å². The largest absolute Gasteiger partial charge is 0.430 e. The molecule has 3 nitrogen and oxygen atoms in total. The molecule has 0 saturated heterocycles. The van der Waals surface area contributed by atoms with E-state index in [-0.39, 0.29) is 0 Å². The van der Waals surface area contributed by atoms with Crippen LogP contribution in [0.4, 0.5) is 0 Å². The van der Waals surface area contributed by atoms with Crippen LogP contribution in [0.15, 0.2) is 24.3 Å². The van der Waals surface area contributed by atoms with Gasteiger partial charge in [-0.05, 0) is 11.6 Å². The number of ether oxygens (including phenoxy) is 1. The van der Waals surface area contributed by atoms with Crippen LogP contribution < -0.4 is 0 Å². The predicted molar refractivity (Wildman–Crippen MR) is 46.2 cm³/mol. The number of carbonyl (C=O) groups is 1. The van der Waals surface area contributed by atoms with Gasteiger partial charge in [-0.3, -0.25) is 0 Å². The molecule has 0 fully saturated rings. The Labute approximate surface area is 76.0 Å². The molecule has 3 heteroatoms. The molecule has 0 radical (unpaired) electrons. The second-order valence-corrected chi connectivity index (χ2v) is 3.40. The summed E-state index contributed by atoms with van der Waals surface area (Å²) in [5, 5.41) is 9.55. The molecule has 1 aromatic rings. The molecule has 0 spiro atoms. The van der Waals surface area contributed by atoms with Crippen molar-refractivity contribution in [1.82, 2.24) is 0 Å². The number of rotatable bonds is 0. The van der Waals surface area contributed by atoms with Gasteiger partial charge in [-0.1, -0.05) is 18.2 Å². The Morgan fingerprint density at radius 2 is 2.15 bits per heavy atom. The highest BCUT2D eigenvalue weighted by atomic mass is 16.7. The van der Waals surface area contributed by atoms with Crippen LogP contribution >= 0.6 is 0 Å². The lowest BCUT2D eigenvalue weighted by Gasteiger charge is -2.29. The molecule has 0 aliphatic carbocycles. The highest BCUT2D eigenvalue weighted by Crippen LogP contribution is 2.25. The van der Waals surface area contributed by atoms with Crippen molar-refractivity contribution in [2.24, 2.45) is 0 Å². The van der Waals surface area contributed by atoms with Crippen LogP contribution in [0.1, 0.15) is 22.8 Å². The van der Waals surface area contributed by atoms with Gasteiger partial charge in [0.15, 0.2) is 0 Å². The van der Waals surface area contributed by atoms with Gasteiger partial charge in [0.2, 0.25) is 5.79 Å². The first-order valence-corrected chi connectivity index (χ1v) is 4.12. The number of aliphatic hydroxyl groups is 1.